The Morgan fingerprint density at radius 1 is 1.48 bits per heavy atom. The molecule has 0 aliphatic carbocycles. The minimum absolute atomic E-state index is 0.0117. The molecule has 0 fully saturated rings. The van der Waals surface area contributed by atoms with Crippen LogP contribution in [0, 0.1) is 10.1 Å². The lowest BCUT2D eigenvalue weighted by Gasteiger charge is -2.08. The van der Waals surface area contributed by atoms with Crippen molar-refractivity contribution in [3.63, 3.8) is 0 Å². The summed E-state index contributed by atoms with van der Waals surface area (Å²) in [4.78, 5) is 10.3. The number of hydrogen-bond donors (Lipinski definition) is 2. The van der Waals surface area contributed by atoms with Gasteiger partial charge in [-0.2, -0.15) is 0 Å². The van der Waals surface area contributed by atoms with Crippen LogP contribution < -0.4 is 10.0 Å². The lowest BCUT2D eigenvalue weighted by atomic mass is 10.5. The minimum atomic E-state index is -3.77. The lowest BCUT2D eigenvalue weighted by molar-refractivity contribution is -0.383. The summed E-state index contributed by atoms with van der Waals surface area (Å²) in [7, 11) is -3.77. The standard InChI is InChI=1S/C11H19N3O5S2/c1-4-12-11-9(14(15)16)7-10(20-11)21(17,18)13-5-6-19-8(2)3/h7-8,12-13H,4-6H2,1-3H3. The molecule has 0 radical (unpaired) electrons. The Balaban J connectivity index is 2.83. The van der Waals surface area contributed by atoms with Crippen LogP contribution in [0.3, 0.4) is 0 Å². The van der Waals surface area contributed by atoms with Gasteiger partial charge in [0.25, 0.3) is 0 Å². The maximum absolute atomic E-state index is 12.1. The summed E-state index contributed by atoms with van der Waals surface area (Å²) >= 11 is 0.840. The van der Waals surface area contributed by atoms with Crippen LogP contribution in [0.4, 0.5) is 10.7 Å². The highest BCUT2D eigenvalue weighted by Gasteiger charge is 2.25. The molecular weight excluding hydrogens is 318 g/mol. The fourth-order valence-corrected chi connectivity index (χ4v) is 3.91. The number of rotatable bonds is 9. The van der Waals surface area contributed by atoms with Crippen LogP contribution >= 0.6 is 11.3 Å². The van der Waals surface area contributed by atoms with E-state index in [1.54, 1.807) is 6.92 Å². The maximum Gasteiger partial charge on any atom is 0.304 e. The van der Waals surface area contributed by atoms with E-state index in [1.807, 2.05) is 13.8 Å². The molecule has 2 N–H and O–H groups in total. The second kappa shape index (κ2) is 7.69. The summed E-state index contributed by atoms with van der Waals surface area (Å²) in [5.74, 6) is 0. The first-order chi connectivity index (χ1) is 9.77. The van der Waals surface area contributed by atoms with Gasteiger partial charge < -0.3 is 10.1 Å². The topological polar surface area (TPSA) is 111 Å². The molecule has 0 aromatic carbocycles. The van der Waals surface area contributed by atoms with Gasteiger partial charge in [-0.15, -0.1) is 0 Å². The van der Waals surface area contributed by atoms with Crippen molar-refractivity contribution in [2.45, 2.75) is 31.1 Å². The molecule has 8 nitrogen and oxygen atoms in total. The normalized spacial score (nSPS) is 11.8. The summed E-state index contributed by atoms with van der Waals surface area (Å²) in [6.45, 7) is 6.29. The Labute approximate surface area is 127 Å². The van der Waals surface area contributed by atoms with Crippen LogP contribution in [-0.4, -0.2) is 39.1 Å². The second-order valence-corrected chi connectivity index (χ2v) is 7.43. The molecule has 1 aromatic rings. The van der Waals surface area contributed by atoms with Gasteiger partial charge in [0.1, 0.15) is 4.21 Å². The van der Waals surface area contributed by atoms with Gasteiger partial charge in [-0.05, 0) is 20.8 Å². The summed E-state index contributed by atoms with van der Waals surface area (Å²) in [6.07, 6.45) is 0.0117. The molecule has 0 spiro atoms. The molecule has 0 aliphatic rings. The van der Waals surface area contributed by atoms with Gasteiger partial charge in [0, 0.05) is 19.2 Å². The number of nitrogens with one attached hydrogen (secondary N) is 2. The molecule has 0 aliphatic heterocycles. The fourth-order valence-electron chi connectivity index (χ4n) is 1.46. The van der Waals surface area contributed by atoms with Crippen LogP contribution in [0.15, 0.2) is 10.3 Å². The van der Waals surface area contributed by atoms with E-state index in [-0.39, 0.29) is 34.2 Å². The van der Waals surface area contributed by atoms with Crippen molar-refractivity contribution in [1.82, 2.24) is 4.72 Å². The van der Waals surface area contributed by atoms with E-state index in [4.69, 9.17) is 4.74 Å². The average molecular weight is 337 g/mol. The van der Waals surface area contributed by atoms with Crippen molar-refractivity contribution in [3.8, 4) is 0 Å². The summed E-state index contributed by atoms with van der Waals surface area (Å²) in [5, 5.41) is 13.9. The highest BCUT2D eigenvalue weighted by Crippen LogP contribution is 2.36. The Hall–Kier alpha value is -1.23. The molecule has 1 rings (SSSR count). The average Bonchev–Trinajstić information content (AvgIpc) is 2.80. The second-order valence-electron chi connectivity index (χ2n) is 4.38. The van der Waals surface area contributed by atoms with E-state index in [2.05, 4.69) is 10.0 Å². The first kappa shape index (κ1) is 17.8. The number of hydrogen-bond acceptors (Lipinski definition) is 7. The number of nitro groups is 1. The molecule has 0 saturated carbocycles. The highest BCUT2D eigenvalue weighted by molar-refractivity contribution is 7.91. The number of ether oxygens (including phenoxy) is 1. The zero-order valence-corrected chi connectivity index (χ0v) is 13.7. The van der Waals surface area contributed by atoms with Gasteiger partial charge in [0.05, 0.1) is 17.6 Å². The molecule has 1 heterocycles. The predicted octanol–water partition coefficient (Wildman–Crippen LogP) is 1.79. The molecule has 0 atom stereocenters. The van der Waals surface area contributed by atoms with Gasteiger partial charge in [-0.25, -0.2) is 13.1 Å². The van der Waals surface area contributed by atoms with Crippen molar-refractivity contribution in [2.24, 2.45) is 0 Å². The molecule has 0 bridgehead atoms. The zero-order chi connectivity index (χ0) is 16.0. The summed E-state index contributed by atoms with van der Waals surface area (Å²) in [6, 6.07) is 1.06. The third-order valence-corrected chi connectivity index (χ3v) is 5.35. The SMILES string of the molecule is CCNc1sc(S(=O)(=O)NCCOC(C)C)cc1[N+](=O)[O-]. The van der Waals surface area contributed by atoms with Crippen molar-refractivity contribution in [1.29, 1.82) is 0 Å². The van der Waals surface area contributed by atoms with E-state index in [0.29, 0.717) is 6.54 Å². The van der Waals surface area contributed by atoms with Gasteiger partial charge >= 0.3 is 5.69 Å². The Morgan fingerprint density at radius 2 is 2.14 bits per heavy atom. The largest absolute Gasteiger partial charge is 0.377 e. The molecule has 0 unspecified atom stereocenters. The Bertz CT molecular complexity index is 583. The quantitative estimate of drug-likeness (QED) is 0.404. The zero-order valence-electron chi connectivity index (χ0n) is 12.1. The van der Waals surface area contributed by atoms with Gasteiger partial charge in [-0.1, -0.05) is 11.3 Å². The number of sulfonamides is 1. The molecule has 10 heteroatoms. The molecule has 120 valence electrons. The van der Waals surface area contributed by atoms with Crippen molar-refractivity contribution >= 4 is 32.0 Å². The van der Waals surface area contributed by atoms with Gasteiger partial charge in [0.15, 0.2) is 5.00 Å². The van der Waals surface area contributed by atoms with E-state index >= 15 is 0 Å². The molecule has 0 amide bonds. The molecule has 1 aromatic heterocycles. The van der Waals surface area contributed by atoms with Crippen LogP contribution in [-0.2, 0) is 14.8 Å². The number of nitrogens with zero attached hydrogens (tertiary/aromatic N) is 1. The van der Waals surface area contributed by atoms with E-state index in [0.717, 1.165) is 17.4 Å². The monoisotopic (exact) mass is 337 g/mol. The number of thiophene rings is 1. The third-order valence-electron chi connectivity index (χ3n) is 2.33. The predicted molar refractivity (Wildman–Crippen MR) is 81.4 cm³/mol. The van der Waals surface area contributed by atoms with Crippen LogP contribution in [0.1, 0.15) is 20.8 Å². The van der Waals surface area contributed by atoms with Crippen LogP contribution in [0.25, 0.3) is 0 Å². The smallest absolute Gasteiger partial charge is 0.304 e. The summed E-state index contributed by atoms with van der Waals surface area (Å²) < 4.78 is 31.6. The Kier molecular flexibility index (Phi) is 6.52. The first-order valence-corrected chi connectivity index (χ1v) is 8.71. The number of anilines is 1. The minimum Gasteiger partial charge on any atom is -0.377 e. The third kappa shape index (κ3) is 5.23. The summed E-state index contributed by atoms with van der Waals surface area (Å²) in [5.41, 5.74) is -0.236. The fraction of sp³-hybridized carbons (Fsp3) is 0.636. The lowest BCUT2D eigenvalue weighted by Crippen LogP contribution is -2.27. The van der Waals surface area contributed by atoms with Crippen molar-refractivity contribution in [3.05, 3.63) is 16.2 Å². The maximum atomic E-state index is 12.1. The molecule has 0 saturated heterocycles. The first-order valence-electron chi connectivity index (χ1n) is 6.41. The van der Waals surface area contributed by atoms with E-state index in [1.165, 1.54) is 0 Å². The van der Waals surface area contributed by atoms with Crippen molar-refractivity contribution in [2.75, 3.05) is 25.0 Å². The van der Waals surface area contributed by atoms with Gasteiger partial charge in [0.2, 0.25) is 10.0 Å². The van der Waals surface area contributed by atoms with Crippen molar-refractivity contribution < 1.29 is 18.1 Å². The Morgan fingerprint density at radius 3 is 2.67 bits per heavy atom. The van der Waals surface area contributed by atoms with Gasteiger partial charge in [-0.3, -0.25) is 10.1 Å². The van der Waals surface area contributed by atoms with E-state index < -0.39 is 14.9 Å². The molecule has 21 heavy (non-hydrogen) atoms. The highest BCUT2D eigenvalue weighted by atomic mass is 32.2. The van der Waals surface area contributed by atoms with Crippen LogP contribution in [0.2, 0.25) is 0 Å². The van der Waals surface area contributed by atoms with Crippen LogP contribution in [0.5, 0.6) is 0 Å². The van der Waals surface area contributed by atoms with E-state index in [9.17, 15) is 18.5 Å². The molecular formula is C11H19N3O5S2.